The highest BCUT2D eigenvalue weighted by atomic mass is 32.2. The lowest BCUT2D eigenvalue weighted by molar-refractivity contribution is -0.136. The van der Waals surface area contributed by atoms with Gasteiger partial charge in [-0.3, -0.25) is 0 Å². The molecule has 0 amide bonds. The fourth-order valence-corrected chi connectivity index (χ4v) is 4.01. The summed E-state index contributed by atoms with van der Waals surface area (Å²) in [6.07, 6.45) is 0. The average molecular weight is 373 g/mol. The molecule has 1 aliphatic heterocycles. The van der Waals surface area contributed by atoms with Gasteiger partial charge in [0.2, 0.25) is 10.0 Å². The third kappa shape index (κ3) is 3.36. The molecule has 0 fully saturated rings. The van der Waals surface area contributed by atoms with Gasteiger partial charge in [0.1, 0.15) is 11.5 Å². The van der Waals surface area contributed by atoms with Crippen LogP contribution in [0.25, 0.3) is 0 Å². The number of ether oxygens (including phenoxy) is 2. The first-order valence-electron chi connectivity index (χ1n) is 7.98. The van der Waals surface area contributed by atoms with Crippen LogP contribution in [0.3, 0.4) is 0 Å². The summed E-state index contributed by atoms with van der Waals surface area (Å²) in [6.45, 7) is 3.48. The van der Waals surface area contributed by atoms with Crippen molar-refractivity contribution in [3.05, 3.63) is 71.0 Å². The highest BCUT2D eigenvalue weighted by molar-refractivity contribution is 7.89. The summed E-state index contributed by atoms with van der Waals surface area (Å²) < 4.78 is 38.8. The van der Waals surface area contributed by atoms with E-state index in [2.05, 4.69) is 4.72 Å². The lowest BCUT2D eigenvalue weighted by Gasteiger charge is -2.28. The van der Waals surface area contributed by atoms with Crippen molar-refractivity contribution in [2.24, 2.45) is 0 Å². The smallest absolute Gasteiger partial charge is 0.339 e. The molecule has 0 saturated heterocycles. The van der Waals surface area contributed by atoms with Crippen LogP contribution in [0.4, 0.5) is 0 Å². The normalized spacial score (nSPS) is 16.7. The number of methoxy groups -OCH3 is 1. The van der Waals surface area contributed by atoms with E-state index in [0.29, 0.717) is 17.1 Å². The molecular formula is C19H19NO5S. The van der Waals surface area contributed by atoms with Gasteiger partial charge < -0.3 is 9.47 Å². The molecule has 0 spiro atoms. The van der Waals surface area contributed by atoms with Crippen molar-refractivity contribution in [3.8, 4) is 5.75 Å². The van der Waals surface area contributed by atoms with Gasteiger partial charge in [-0.15, -0.1) is 0 Å². The molecule has 1 heterocycles. The van der Waals surface area contributed by atoms with Crippen LogP contribution in [0, 0.1) is 6.92 Å². The maximum Gasteiger partial charge on any atom is 0.339 e. The molecule has 2 aromatic rings. The van der Waals surface area contributed by atoms with Crippen molar-refractivity contribution in [2.45, 2.75) is 24.8 Å². The molecular weight excluding hydrogens is 354 g/mol. The van der Waals surface area contributed by atoms with Gasteiger partial charge in [-0.25, -0.2) is 13.2 Å². The van der Waals surface area contributed by atoms with Crippen molar-refractivity contribution < 1.29 is 22.7 Å². The monoisotopic (exact) mass is 373 g/mol. The Balaban J connectivity index is 2.07. The Kier molecular flexibility index (Phi) is 4.84. The number of carbonyl (C=O) groups excluding carboxylic acids is 1. The second-order valence-corrected chi connectivity index (χ2v) is 7.68. The van der Waals surface area contributed by atoms with Crippen molar-refractivity contribution in [1.82, 2.24) is 4.72 Å². The lowest BCUT2D eigenvalue weighted by Crippen LogP contribution is -2.35. The van der Waals surface area contributed by atoms with Gasteiger partial charge in [0, 0.05) is 5.56 Å². The number of nitrogens with one attached hydrogen (secondary N) is 1. The number of carbonyl (C=O) groups is 1. The Morgan fingerprint density at radius 3 is 2.38 bits per heavy atom. The van der Waals surface area contributed by atoms with Gasteiger partial charge in [0.15, 0.2) is 0 Å². The highest BCUT2D eigenvalue weighted by Crippen LogP contribution is 2.38. The largest absolute Gasteiger partial charge is 0.466 e. The zero-order valence-electron chi connectivity index (χ0n) is 14.6. The minimum absolute atomic E-state index is 0.119. The zero-order valence-corrected chi connectivity index (χ0v) is 15.5. The first-order chi connectivity index (χ1) is 12.3. The molecule has 1 aliphatic rings. The number of rotatable bonds is 4. The van der Waals surface area contributed by atoms with Crippen LogP contribution < -0.4 is 9.46 Å². The van der Waals surface area contributed by atoms with E-state index >= 15 is 0 Å². The second kappa shape index (κ2) is 6.93. The van der Waals surface area contributed by atoms with Crippen molar-refractivity contribution in [3.63, 3.8) is 0 Å². The predicted octanol–water partition coefficient (Wildman–Crippen LogP) is 2.85. The molecule has 0 saturated carbocycles. The van der Waals surface area contributed by atoms with Crippen molar-refractivity contribution in [1.29, 1.82) is 0 Å². The van der Waals surface area contributed by atoms with E-state index in [1.54, 1.807) is 43.3 Å². The molecule has 0 aliphatic carbocycles. The van der Waals surface area contributed by atoms with E-state index in [-0.39, 0.29) is 10.5 Å². The summed E-state index contributed by atoms with van der Waals surface area (Å²) in [7, 11) is -2.62. The maximum atomic E-state index is 12.9. The van der Waals surface area contributed by atoms with E-state index in [0.717, 1.165) is 5.56 Å². The number of fused-ring (bicyclic) bond motifs is 1. The molecule has 26 heavy (non-hydrogen) atoms. The van der Waals surface area contributed by atoms with Gasteiger partial charge in [0.25, 0.3) is 0 Å². The van der Waals surface area contributed by atoms with Crippen LogP contribution in [0.2, 0.25) is 0 Å². The molecule has 6 nitrogen and oxygen atoms in total. The van der Waals surface area contributed by atoms with Gasteiger partial charge >= 0.3 is 5.97 Å². The molecule has 7 heteroatoms. The van der Waals surface area contributed by atoms with E-state index in [1.807, 2.05) is 6.92 Å². The van der Waals surface area contributed by atoms with Crippen LogP contribution >= 0.6 is 0 Å². The molecule has 136 valence electrons. The standard InChI is InChI=1S/C19H19NO5S/c1-12-8-10-14(11-9-12)26(22,23)20-18-15-6-4-5-7-16(15)25-13(2)17(18)19(21)24-3/h4-11,18,20H,1-3H3/t18-/m1/s1. The Labute approximate surface area is 152 Å². The van der Waals surface area contributed by atoms with Crippen LogP contribution in [-0.2, 0) is 19.6 Å². The van der Waals surface area contributed by atoms with E-state index in [4.69, 9.17) is 9.47 Å². The molecule has 1 N–H and O–H groups in total. The third-order valence-electron chi connectivity index (χ3n) is 4.17. The Morgan fingerprint density at radius 2 is 1.73 bits per heavy atom. The quantitative estimate of drug-likeness (QED) is 0.834. The summed E-state index contributed by atoms with van der Waals surface area (Å²) in [5.74, 6) is 0.148. The van der Waals surface area contributed by atoms with E-state index in [9.17, 15) is 13.2 Å². The molecule has 0 radical (unpaired) electrons. The van der Waals surface area contributed by atoms with Gasteiger partial charge in [-0.1, -0.05) is 35.9 Å². The predicted molar refractivity (Wildman–Crippen MR) is 96.0 cm³/mol. The fraction of sp³-hybridized carbons (Fsp3) is 0.211. The van der Waals surface area contributed by atoms with E-state index < -0.39 is 22.0 Å². The molecule has 0 aromatic heterocycles. The van der Waals surface area contributed by atoms with Crippen LogP contribution in [0.5, 0.6) is 5.75 Å². The van der Waals surface area contributed by atoms with Gasteiger partial charge in [-0.2, -0.15) is 4.72 Å². The van der Waals surface area contributed by atoms with Gasteiger partial charge in [0.05, 0.1) is 23.6 Å². The fourth-order valence-electron chi connectivity index (χ4n) is 2.83. The number of allylic oxidation sites excluding steroid dienone is 1. The van der Waals surface area contributed by atoms with Crippen molar-refractivity contribution >= 4 is 16.0 Å². The summed E-state index contributed by atoms with van der Waals surface area (Å²) in [6, 6.07) is 12.6. The van der Waals surface area contributed by atoms with Crippen LogP contribution in [0.1, 0.15) is 24.1 Å². The summed E-state index contributed by atoms with van der Waals surface area (Å²) >= 11 is 0. The number of benzene rings is 2. The Hall–Kier alpha value is -2.64. The number of hydrogen-bond donors (Lipinski definition) is 1. The minimum Gasteiger partial charge on any atom is -0.466 e. The van der Waals surface area contributed by atoms with Crippen LogP contribution in [-0.4, -0.2) is 21.5 Å². The molecule has 2 aromatic carbocycles. The summed E-state index contributed by atoms with van der Waals surface area (Å²) in [5, 5.41) is 0. The maximum absolute atomic E-state index is 12.9. The first kappa shape index (κ1) is 18.2. The summed E-state index contributed by atoms with van der Waals surface area (Å²) in [5.41, 5.74) is 1.63. The molecule has 3 rings (SSSR count). The second-order valence-electron chi connectivity index (χ2n) is 5.97. The number of para-hydroxylation sites is 1. The summed E-state index contributed by atoms with van der Waals surface area (Å²) in [4.78, 5) is 12.4. The average Bonchev–Trinajstić information content (AvgIpc) is 2.61. The lowest BCUT2D eigenvalue weighted by atomic mass is 9.95. The van der Waals surface area contributed by atoms with E-state index in [1.165, 1.54) is 19.2 Å². The highest BCUT2D eigenvalue weighted by Gasteiger charge is 2.36. The third-order valence-corrected chi connectivity index (χ3v) is 5.61. The molecule has 0 unspecified atom stereocenters. The molecule has 1 atom stereocenters. The number of esters is 1. The number of sulfonamides is 1. The first-order valence-corrected chi connectivity index (χ1v) is 9.46. The van der Waals surface area contributed by atoms with Crippen LogP contribution in [0.15, 0.2) is 64.8 Å². The number of aryl methyl sites for hydroxylation is 1. The topological polar surface area (TPSA) is 81.7 Å². The Bertz CT molecular complexity index is 977. The SMILES string of the molecule is COC(=O)C1=C(C)Oc2ccccc2[C@H]1NS(=O)(=O)c1ccc(C)cc1. The number of hydrogen-bond acceptors (Lipinski definition) is 5. The molecule has 0 bridgehead atoms. The minimum atomic E-state index is -3.86. The Morgan fingerprint density at radius 1 is 1.08 bits per heavy atom. The van der Waals surface area contributed by atoms with Gasteiger partial charge in [-0.05, 0) is 32.0 Å². The van der Waals surface area contributed by atoms with Crippen molar-refractivity contribution in [2.75, 3.05) is 7.11 Å². The zero-order chi connectivity index (χ0) is 18.9.